The number of nitrogens with zero attached hydrogens (tertiary/aromatic N) is 4. The van der Waals surface area contributed by atoms with Gasteiger partial charge in [-0.05, 0) is 54.4 Å². The van der Waals surface area contributed by atoms with Crippen molar-refractivity contribution in [1.82, 2.24) is 24.9 Å². The average Bonchev–Trinajstić information content (AvgIpc) is 3.28. The molecule has 0 aliphatic carbocycles. The third-order valence-corrected chi connectivity index (χ3v) is 6.94. The first kappa shape index (κ1) is 20.4. The number of fused-ring (bicyclic) bond motifs is 2. The van der Waals surface area contributed by atoms with Crippen molar-refractivity contribution in [3.8, 4) is 22.3 Å². The SMILES string of the molecule is OC1(c2ccc(-c3cnc4c(-c5ccc(S)c6ccccc56)cnn4c3)cn2)CCNCC1. The third-order valence-electron chi connectivity index (χ3n) is 6.55. The Hall–Kier alpha value is -3.26. The van der Waals surface area contributed by atoms with Gasteiger partial charge >= 0.3 is 0 Å². The van der Waals surface area contributed by atoms with Crippen molar-refractivity contribution < 1.29 is 5.11 Å². The van der Waals surface area contributed by atoms with E-state index in [1.54, 1.807) is 0 Å². The molecule has 0 unspecified atom stereocenters. The van der Waals surface area contributed by atoms with E-state index in [9.17, 15) is 5.11 Å². The van der Waals surface area contributed by atoms with Crippen molar-refractivity contribution in [2.75, 3.05) is 13.1 Å². The van der Waals surface area contributed by atoms with E-state index in [1.807, 2.05) is 59.6 Å². The predicted octanol–water partition coefficient (Wildman–Crippen LogP) is 4.47. The monoisotopic (exact) mass is 453 g/mol. The molecule has 0 spiro atoms. The summed E-state index contributed by atoms with van der Waals surface area (Å²) in [5.74, 6) is 0. The Labute approximate surface area is 196 Å². The van der Waals surface area contributed by atoms with Crippen LogP contribution in [0.3, 0.4) is 0 Å². The van der Waals surface area contributed by atoms with E-state index in [0.717, 1.165) is 62.4 Å². The van der Waals surface area contributed by atoms with Gasteiger partial charge < -0.3 is 10.4 Å². The zero-order chi connectivity index (χ0) is 22.4. The number of hydrogen-bond acceptors (Lipinski definition) is 6. The van der Waals surface area contributed by atoms with Crippen LogP contribution in [0, 0.1) is 0 Å². The van der Waals surface area contributed by atoms with Gasteiger partial charge in [0.15, 0.2) is 5.65 Å². The molecule has 6 rings (SSSR count). The van der Waals surface area contributed by atoms with E-state index in [-0.39, 0.29) is 0 Å². The molecule has 1 saturated heterocycles. The summed E-state index contributed by atoms with van der Waals surface area (Å²) in [4.78, 5) is 10.3. The Morgan fingerprint density at radius 2 is 1.64 bits per heavy atom. The summed E-state index contributed by atoms with van der Waals surface area (Å²) in [5, 5.41) is 21.0. The first-order valence-electron chi connectivity index (χ1n) is 11.1. The Balaban J connectivity index is 1.37. The van der Waals surface area contributed by atoms with Gasteiger partial charge in [0.2, 0.25) is 0 Å². The van der Waals surface area contributed by atoms with Crippen LogP contribution in [0.25, 0.3) is 38.7 Å². The second-order valence-corrected chi connectivity index (χ2v) is 9.04. The van der Waals surface area contributed by atoms with E-state index in [1.165, 1.54) is 0 Å². The van der Waals surface area contributed by atoms with Crippen molar-refractivity contribution in [2.45, 2.75) is 23.3 Å². The Morgan fingerprint density at radius 3 is 2.42 bits per heavy atom. The van der Waals surface area contributed by atoms with Gasteiger partial charge in [-0.3, -0.25) is 4.98 Å². The second-order valence-electron chi connectivity index (χ2n) is 8.56. The predicted molar refractivity (Wildman–Crippen MR) is 132 cm³/mol. The number of aromatic nitrogens is 4. The highest BCUT2D eigenvalue weighted by molar-refractivity contribution is 7.80. The molecule has 1 aliphatic heterocycles. The molecule has 6 nitrogen and oxygen atoms in total. The van der Waals surface area contributed by atoms with Crippen molar-refractivity contribution in [3.05, 3.63) is 79.0 Å². The quantitative estimate of drug-likeness (QED) is 0.352. The molecule has 164 valence electrons. The van der Waals surface area contributed by atoms with Crippen LogP contribution >= 0.6 is 12.6 Å². The molecular formula is C26H23N5OS. The molecule has 0 amide bonds. The van der Waals surface area contributed by atoms with Gasteiger partial charge in [-0.15, -0.1) is 12.6 Å². The van der Waals surface area contributed by atoms with Gasteiger partial charge in [0.25, 0.3) is 0 Å². The normalized spacial score (nSPS) is 15.8. The van der Waals surface area contributed by atoms with Crippen LogP contribution in [-0.2, 0) is 5.60 Å². The smallest absolute Gasteiger partial charge is 0.162 e. The van der Waals surface area contributed by atoms with Gasteiger partial charge in [-0.1, -0.05) is 36.4 Å². The van der Waals surface area contributed by atoms with Crippen molar-refractivity contribution >= 4 is 29.0 Å². The lowest BCUT2D eigenvalue weighted by atomic mass is 9.88. The molecule has 7 heteroatoms. The summed E-state index contributed by atoms with van der Waals surface area (Å²) in [6, 6.07) is 16.2. The molecule has 2 N–H and O–H groups in total. The molecule has 1 fully saturated rings. The number of thiol groups is 1. The fourth-order valence-corrected chi connectivity index (χ4v) is 4.94. The van der Waals surface area contributed by atoms with Gasteiger partial charge in [0.1, 0.15) is 5.60 Å². The molecule has 0 saturated carbocycles. The van der Waals surface area contributed by atoms with E-state index < -0.39 is 5.60 Å². The molecule has 5 aromatic rings. The van der Waals surface area contributed by atoms with Crippen molar-refractivity contribution in [3.63, 3.8) is 0 Å². The highest BCUT2D eigenvalue weighted by Gasteiger charge is 2.32. The Morgan fingerprint density at radius 1 is 0.848 bits per heavy atom. The fraction of sp³-hybridized carbons (Fsp3) is 0.192. The number of hydrogen-bond donors (Lipinski definition) is 3. The van der Waals surface area contributed by atoms with Crippen LogP contribution in [0.4, 0.5) is 0 Å². The first-order valence-corrected chi connectivity index (χ1v) is 11.5. The molecule has 0 bridgehead atoms. The minimum atomic E-state index is -0.853. The summed E-state index contributed by atoms with van der Waals surface area (Å²) in [7, 11) is 0. The second kappa shape index (κ2) is 7.95. The lowest BCUT2D eigenvalue weighted by Crippen LogP contribution is -2.40. The maximum absolute atomic E-state index is 10.9. The highest BCUT2D eigenvalue weighted by atomic mass is 32.1. The Bertz CT molecular complexity index is 1470. The third kappa shape index (κ3) is 3.49. The van der Waals surface area contributed by atoms with E-state index in [2.05, 4.69) is 46.2 Å². The summed E-state index contributed by atoms with van der Waals surface area (Å²) >= 11 is 4.61. The molecule has 2 aromatic carbocycles. The number of pyridine rings is 1. The number of benzene rings is 2. The Kier molecular flexibility index (Phi) is 4.90. The van der Waals surface area contributed by atoms with E-state index >= 15 is 0 Å². The largest absolute Gasteiger partial charge is 0.383 e. The topological polar surface area (TPSA) is 75.3 Å². The van der Waals surface area contributed by atoms with E-state index in [4.69, 9.17) is 4.98 Å². The number of aliphatic hydroxyl groups is 1. The van der Waals surface area contributed by atoms with Crippen molar-refractivity contribution in [2.24, 2.45) is 0 Å². The molecule has 1 aliphatic rings. The zero-order valence-corrected chi connectivity index (χ0v) is 18.8. The zero-order valence-electron chi connectivity index (χ0n) is 17.9. The minimum absolute atomic E-state index is 0.672. The summed E-state index contributed by atoms with van der Waals surface area (Å²) in [6.07, 6.45) is 8.84. The van der Waals surface area contributed by atoms with Crippen LogP contribution in [-0.4, -0.2) is 37.8 Å². The maximum Gasteiger partial charge on any atom is 0.162 e. The van der Waals surface area contributed by atoms with Crippen LogP contribution in [0.2, 0.25) is 0 Å². The van der Waals surface area contributed by atoms with Crippen LogP contribution < -0.4 is 5.32 Å². The summed E-state index contributed by atoms with van der Waals surface area (Å²) in [6.45, 7) is 1.60. The standard InChI is InChI=1S/C26H23N5OS/c32-26(9-11-27-12-10-26)24-8-5-17(13-28-24)18-14-29-25-22(15-30-31(25)16-18)20-6-7-23(33)21-4-2-1-3-19(20)21/h1-8,13-16,27,32-33H,9-12H2. The van der Waals surface area contributed by atoms with E-state index in [0.29, 0.717) is 12.8 Å². The lowest BCUT2D eigenvalue weighted by molar-refractivity contribution is 0.00190. The average molecular weight is 454 g/mol. The first-order chi connectivity index (χ1) is 16.1. The number of rotatable bonds is 3. The minimum Gasteiger partial charge on any atom is -0.383 e. The molecular weight excluding hydrogens is 430 g/mol. The van der Waals surface area contributed by atoms with Gasteiger partial charge in [-0.25, -0.2) is 9.50 Å². The van der Waals surface area contributed by atoms with Gasteiger partial charge in [0, 0.05) is 40.2 Å². The highest BCUT2D eigenvalue weighted by Crippen LogP contribution is 2.34. The van der Waals surface area contributed by atoms with Gasteiger partial charge in [0.05, 0.1) is 11.9 Å². The fourth-order valence-electron chi connectivity index (χ4n) is 4.67. The summed E-state index contributed by atoms with van der Waals surface area (Å²) in [5.41, 5.74) is 4.59. The molecule has 3 aromatic heterocycles. The number of piperidine rings is 1. The molecule has 4 heterocycles. The van der Waals surface area contributed by atoms with Crippen LogP contribution in [0.1, 0.15) is 18.5 Å². The molecule has 0 radical (unpaired) electrons. The maximum atomic E-state index is 10.9. The van der Waals surface area contributed by atoms with Crippen LogP contribution in [0.15, 0.2) is 78.2 Å². The summed E-state index contributed by atoms with van der Waals surface area (Å²) < 4.78 is 1.81. The number of nitrogens with one attached hydrogen (secondary N) is 1. The molecule has 0 atom stereocenters. The molecule has 33 heavy (non-hydrogen) atoms. The van der Waals surface area contributed by atoms with Crippen LogP contribution in [0.5, 0.6) is 0 Å². The lowest BCUT2D eigenvalue weighted by Gasteiger charge is -2.32. The van der Waals surface area contributed by atoms with Gasteiger partial charge in [-0.2, -0.15) is 5.10 Å². The van der Waals surface area contributed by atoms with Crippen molar-refractivity contribution in [1.29, 1.82) is 0 Å².